The van der Waals surface area contributed by atoms with Crippen molar-refractivity contribution in [1.82, 2.24) is 10.3 Å². The van der Waals surface area contributed by atoms with Crippen LogP contribution in [0.2, 0.25) is 0 Å². The fourth-order valence-corrected chi connectivity index (χ4v) is 4.81. The van der Waals surface area contributed by atoms with E-state index in [1.807, 2.05) is 47.7 Å². The van der Waals surface area contributed by atoms with Crippen molar-refractivity contribution < 1.29 is 0 Å². The minimum absolute atomic E-state index is 0.0450. The van der Waals surface area contributed by atoms with Crippen molar-refractivity contribution in [3.63, 3.8) is 0 Å². The molecule has 44 heavy (non-hydrogen) atoms. The van der Waals surface area contributed by atoms with Gasteiger partial charge in [-0.15, -0.1) is 6.58 Å². The lowest BCUT2D eigenvalue weighted by Crippen LogP contribution is -2.16. The number of fused-ring (bicyclic) bond motifs is 1. The zero-order valence-electron chi connectivity index (χ0n) is 30.0. The lowest BCUT2D eigenvalue weighted by molar-refractivity contribution is 0.574. The number of hydrogen-bond acceptors (Lipinski definition) is 2. The lowest BCUT2D eigenvalue weighted by atomic mass is 9.80. The van der Waals surface area contributed by atoms with Gasteiger partial charge < -0.3 is 5.32 Å². The van der Waals surface area contributed by atoms with Gasteiger partial charge in [0.05, 0.1) is 5.52 Å². The van der Waals surface area contributed by atoms with Gasteiger partial charge in [0.25, 0.3) is 0 Å². The first-order valence-electron chi connectivity index (χ1n) is 16.6. The number of nitrogens with one attached hydrogen (secondary N) is 1. The van der Waals surface area contributed by atoms with E-state index in [0.717, 1.165) is 17.6 Å². The van der Waals surface area contributed by atoms with Crippen LogP contribution in [0.15, 0.2) is 115 Å². The van der Waals surface area contributed by atoms with Gasteiger partial charge in [-0.25, -0.2) is 0 Å². The third-order valence-electron chi connectivity index (χ3n) is 7.91. The summed E-state index contributed by atoms with van der Waals surface area (Å²) >= 11 is 0. The van der Waals surface area contributed by atoms with Crippen molar-refractivity contribution >= 4 is 10.9 Å². The van der Waals surface area contributed by atoms with Crippen molar-refractivity contribution in [2.45, 2.75) is 107 Å². The van der Waals surface area contributed by atoms with Gasteiger partial charge in [-0.05, 0) is 92.6 Å². The average molecular weight is 595 g/mol. The number of allylic oxidation sites excluding steroid dienone is 6. The van der Waals surface area contributed by atoms with Crippen LogP contribution >= 0.6 is 0 Å². The maximum atomic E-state index is 4.57. The van der Waals surface area contributed by atoms with Gasteiger partial charge in [-0.3, -0.25) is 4.98 Å². The zero-order valence-corrected chi connectivity index (χ0v) is 30.0. The second-order valence-corrected chi connectivity index (χ2v) is 10.7. The number of pyridine rings is 1. The van der Waals surface area contributed by atoms with Crippen molar-refractivity contribution in [2.75, 3.05) is 7.05 Å². The van der Waals surface area contributed by atoms with Gasteiger partial charge in [-0.1, -0.05) is 134 Å². The Morgan fingerprint density at radius 1 is 0.886 bits per heavy atom. The van der Waals surface area contributed by atoms with Gasteiger partial charge in [0.15, 0.2) is 0 Å². The van der Waals surface area contributed by atoms with E-state index in [1.165, 1.54) is 58.9 Å². The molecule has 240 valence electrons. The summed E-state index contributed by atoms with van der Waals surface area (Å²) in [7, 11) is 1.81. The monoisotopic (exact) mass is 594 g/mol. The Bertz CT molecular complexity index is 1350. The molecule has 3 aromatic rings. The van der Waals surface area contributed by atoms with E-state index in [1.54, 1.807) is 17.3 Å². The second kappa shape index (κ2) is 21.9. The van der Waals surface area contributed by atoms with Gasteiger partial charge in [-0.2, -0.15) is 0 Å². The van der Waals surface area contributed by atoms with Gasteiger partial charge >= 0.3 is 0 Å². The first kappa shape index (κ1) is 40.4. The highest BCUT2D eigenvalue weighted by Crippen LogP contribution is 2.32. The molecule has 0 spiro atoms. The summed E-state index contributed by atoms with van der Waals surface area (Å²) < 4.78 is 0. The molecule has 0 saturated carbocycles. The van der Waals surface area contributed by atoms with E-state index in [9.17, 15) is 0 Å². The van der Waals surface area contributed by atoms with Crippen LogP contribution in [0.5, 0.6) is 0 Å². The topological polar surface area (TPSA) is 24.9 Å². The molecule has 1 aromatic heterocycles. The molecule has 1 N–H and O–H groups in total. The molecule has 2 aromatic carbocycles. The van der Waals surface area contributed by atoms with Crippen LogP contribution in [-0.2, 0) is 5.41 Å². The molecular weight excluding hydrogens is 532 g/mol. The molecule has 4 rings (SSSR count). The molecule has 2 nitrogen and oxygen atoms in total. The quantitative estimate of drug-likeness (QED) is 0.262. The smallest absolute Gasteiger partial charge is 0.0705 e. The average Bonchev–Trinajstić information content (AvgIpc) is 3.09. The van der Waals surface area contributed by atoms with E-state index < -0.39 is 0 Å². The molecule has 2 heteroatoms. The van der Waals surface area contributed by atoms with Crippen LogP contribution in [0, 0.1) is 6.92 Å². The van der Waals surface area contributed by atoms with Crippen LogP contribution in [0.4, 0.5) is 0 Å². The third kappa shape index (κ3) is 12.2. The molecule has 0 radical (unpaired) electrons. The molecule has 0 amide bonds. The number of benzene rings is 2. The number of hydrogen-bond donors (Lipinski definition) is 1. The van der Waals surface area contributed by atoms with E-state index in [-0.39, 0.29) is 5.41 Å². The highest BCUT2D eigenvalue weighted by atomic mass is 14.8. The number of aromatic nitrogens is 1. The Morgan fingerprint density at radius 2 is 1.48 bits per heavy atom. The Morgan fingerprint density at radius 3 is 1.95 bits per heavy atom. The van der Waals surface area contributed by atoms with Crippen molar-refractivity contribution in [1.29, 1.82) is 0 Å². The highest BCUT2D eigenvalue weighted by molar-refractivity contribution is 5.84. The van der Waals surface area contributed by atoms with Gasteiger partial charge in [0, 0.05) is 23.5 Å². The zero-order chi connectivity index (χ0) is 33.7. The first-order chi connectivity index (χ1) is 21.2. The summed E-state index contributed by atoms with van der Waals surface area (Å²) in [6.07, 6.45) is 12.0. The van der Waals surface area contributed by atoms with Gasteiger partial charge in [0.2, 0.25) is 0 Å². The normalized spacial score (nSPS) is 13.0. The second-order valence-electron chi connectivity index (χ2n) is 10.7. The standard InChI is InChI=1S/C22H23N.C13H20.C3H7N.2C2H6/c1-5-22(4,6-2)20-12-9-17(10-13-20)18-11-14-21-19(15-18)8-7-16(3)23-21;1-5-11-7-8-12(6-2)13(9-11)10(3)4;1-3-4-2;2*1-2/h5,7-15H,1,6H2,2-4H3;9H,3,5-8H2,1-2,4H3;3-4H,1H2,2H3;2*1-2H3. The van der Waals surface area contributed by atoms with Crippen LogP contribution in [-0.4, -0.2) is 12.0 Å². The van der Waals surface area contributed by atoms with E-state index in [0.29, 0.717) is 0 Å². The van der Waals surface area contributed by atoms with E-state index >= 15 is 0 Å². The largest absolute Gasteiger partial charge is 0.394 e. The van der Waals surface area contributed by atoms with E-state index in [2.05, 4.69) is 125 Å². The fraction of sp³-hybridized carbons (Fsp3) is 0.405. The fourth-order valence-electron chi connectivity index (χ4n) is 4.81. The molecule has 0 saturated heterocycles. The van der Waals surface area contributed by atoms with Crippen molar-refractivity contribution in [3.8, 4) is 11.1 Å². The molecule has 1 heterocycles. The van der Waals surface area contributed by atoms with Crippen molar-refractivity contribution in [3.05, 3.63) is 126 Å². The molecule has 0 bridgehead atoms. The summed E-state index contributed by atoms with van der Waals surface area (Å²) in [5.41, 5.74) is 11.7. The predicted molar refractivity (Wildman–Crippen MR) is 201 cm³/mol. The Labute approximate surface area is 271 Å². The summed E-state index contributed by atoms with van der Waals surface area (Å²) in [5.74, 6) is 0. The van der Waals surface area contributed by atoms with E-state index in [4.69, 9.17) is 0 Å². The van der Waals surface area contributed by atoms with Crippen LogP contribution < -0.4 is 5.32 Å². The molecular formula is C42H62N2. The molecule has 1 aliphatic rings. The van der Waals surface area contributed by atoms with Gasteiger partial charge in [0.1, 0.15) is 0 Å². The minimum Gasteiger partial charge on any atom is -0.394 e. The number of nitrogens with zero attached hydrogens (tertiary/aromatic N) is 1. The number of aryl methyl sites for hydroxylation is 1. The molecule has 0 fully saturated rings. The Hall–Kier alpha value is -3.65. The molecule has 1 unspecified atom stereocenters. The van der Waals surface area contributed by atoms with Crippen molar-refractivity contribution in [2.24, 2.45) is 0 Å². The molecule has 1 atom stereocenters. The molecule has 0 aliphatic heterocycles. The predicted octanol–water partition coefficient (Wildman–Crippen LogP) is 12.9. The highest BCUT2D eigenvalue weighted by Gasteiger charge is 2.20. The Kier molecular flexibility index (Phi) is 20.1. The summed E-state index contributed by atoms with van der Waals surface area (Å²) in [6, 6.07) is 19.5. The van der Waals surface area contributed by atoms with Crippen LogP contribution in [0.25, 0.3) is 22.0 Å². The van der Waals surface area contributed by atoms with Crippen LogP contribution in [0.1, 0.15) is 106 Å². The Balaban J connectivity index is 0.000000745. The SMILES string of the molecule is C=C(C)C1=C(CC)CCC(CC)=C1.C=CC(C)(CC)c1ccc(-c2ccc3nc(C)ccc3c2)cc1.C=CNC.CC.CC. The lowest BCUT2D eigenvalue weighted by Gasteiger charge is -2.24. The maximum Gasteiger partial charge on any atom is 0.0705 e. The maximum absolute atomic E-state index is 4.57. The molecule has 1 aliphatic carbocycles. The number of rotatable bonds is 8. The third-order valence-corrected chi connectivity index (χ3v) is 7.91. The summed E-state index contributed by atoms with van der Waals surface area (Å²) in [4.78, 5) is 4.57. The van der Waals surface area contributed by atoms with Crippen LogP contribution in [0.3, 0.4) is 0 Å². The summed E-state index contributed by atoms with van der Waals surface area (Å²) in [6.45, 7) is 32.5. The summed E-state index contributed by atoms with van der Waals surface area (Å²) in [5, 5.41) is 3.88. The minimum atomic E-state index is 0.0450. The first-order valence-corrected chi connectivity index (χ1v) is 16.6.